The van der Waals surface area contributed by atoms with Crippen LogP contribution in [-0.4, -0.2) is 5.11 Å². The van der Waals surface area contributed by atoms with E-state index in [1.165, 1.54) is 11.1 Å². The van der Waals surface area contributed by atoms with Gasteiger partial charge in [0.2, 0.25) is 0 Å². The van der Waals surface area contributed by atoms with Crippen molar-refractivity contribution in [1.82, 2.24) is 0 Å². The number of hydrogen-bond donors (Lipinski definition) is 2. The highest BCUT2D eigenvalue weighted by Crippen LogP contribution is 2.17. The molecule has 0 heterocycles. The van der Waals surface area contributed by atoms with Crippen LogP contribution in [0.5, 0.6) is 0 Å². The number of benzene rings is 2. The normalized spacial score (nSPS) is 10.5. The van der Waals surface area contributed by atoms with Crippen molar-refractivity contribution in [2.45, 2.75) is 33.1 Å². The smallest absolute Gasteiger partial charge is 0.175 e. The van der Waals surface area contributed by atoms with E-state index in [4.69, 9.17) is 12.2 Å². The fourth-order valence-electron chi connectivity index (χ4n) is 2.07. The average molecular weight is 298 g/mol. The van der Waals surface area contributed by atoms with E-state index < -0.39 is 0 Å². The summed E-state index contributed by atoms with van der Waals surface area (Å²) >= 11 is 5.34. The monoisotopic (exact) mass is 298 g/mol. The molecule has 0 saturated carbocycles. The second kappa shape index (κ2) is 7.23. The van der Waals surface area contributed by atoms with Crippen LogP contribution in [0.2, 0.25) is 0 Å². The number of rotatable bonds is 4. The molecule has 0 fully saturated rings. The second-order valence-electron chi connectivity index (χ2n) is 5.41. The Morgan fingerprint density at radius 2 is 1.38 bits per heavy atom. The molecule has 2 N–H and O–H groups in total. The van der Waals surface area contributed by atoms with Crippen LogP contribution >= 0.6 is 12.2 Å². The Labute approximate surface area is 132 Å². The summed E-state index contributed by atoms with van der Waals surface area (Å²) in [4.78, 5) is 0. The van der Waals surface area contributed by atoms with Crippen LogP contribution in [0.4, 0.5) is 11.4 Å². The highest BCUT2D eigenvalue weighted by Gasteiger charge is 2.01. The second-order valence-corrected chi connectivity index (χ2v) is 5.81. The number of thiocarbonyl (C=S) groups is 1. The SMILES string of the molecule is CCc1ccc(NC(=S)Nc2ccc(C(C)C)cc2)cc1. The van der Waals surface area contributed by atoms with Crippen molar-refractivity contribution in [3.63, 3.8) is 0 Å². The summed E-state index contributed by atoms with van der Waals surface area (Å²) in [5, 5.41) is 7.01. The maximum absolute atomic E-state index is 5.34. The molecular formula is C18H22N2S. The van der Waals surface area contributed by atoms with Crippen LogP contribution < -0.4 is 10.6 Å². The Balaban J connectivity index is 1.94. The van der Waals surface area contributed by atoms with Crippen molar-refractivity contribution < 1.29 is 0 Å². The molecule has 0 saturated heterocycles. The minimum absolute atomic E-state index is 0.543. The fourth-order valence-corrected chi connectivity index (χ4v) is 2.30. The predicted octanol–water partition coefficient (Wildman–Crippen LogP) is 5.18. The van der Waals surface area contributed by atoms with E-state index in [0.29, 0.717) is 11.0 Å². The molecule has 2 aromatic rings. The van der Waals surface area contributed by atoms with Gasteiger partial charge in [0.15, 0.2) is 5.11 Å². The summed E-state index contributed by atoms with van der Waals surface area (Å²) in [5.41, 5.74) is 4.66. The summed E-state index contributed by atoms with van der Waals surface area (Å²) in [6, 6.07) is 16.7. The number of nitrogens with one attached hydrogen (secondary N) is 2. The third-order valence-electron chi connectivity index (χ3n) is 3.46. The van der Waals surface area contributed by atoms with Crippen LogP contribution in [0.15, 0.2) is 48.5 Å². The number of anilines is 2. The zero-order valence-electron chi connectivity index (χ0n) is 12.8. The van der Waals surface area contributed by atoms with E-state index in [-0.39, 0.29) is 0 Å². The lowest BCUT2D eigenvalue weighted by molar-refractivity contribution is 0.867. The van der Waals surface area contributed by atoms with Gasteiger partial charge in [-0.2, -0.15) is 0 Å². The van der Waals surface area contributed by atoms with Crippen LogP contribution in [-0.2, 0) is 6.42 Å². The van der Waals surface area contributed by atoms with Gasteiger partial charge in [-0.3, -0.25) is 0 Å². The molecule has 2 aromatic carbocycles. The first-order valence-electron chi connectivity index (χ1n) is 7.35. The summed E-state index contributed by atoms with van der Waals surface area (Å²) in [6.45, 7) is 6.53. The average Bonchev–Trinajstić information content (AvgIpc) is 2.48. The summed E-state index contributed by atoms with van der Waals surface area (Å²) in [7, 11) is 0. The van der Waals surface area contributed by atoms with Crippen molar-refractivity contribution in [3.05, 3.63) is 59.7 Å². The largest absolute Gasteiger partial charge is 0.332 e. The molecule has 0 aliphatic heterocycles. The molecule has 0 bridgehead atoms. The lowest BCUT2D eigenvalue weighted by atomic mass is 10.0. The standard InChI is InChI=1S/C18H22N2S/c1-4-14-5-9-16(10-6-14)19-18(21)20-17-11-7-15(8-12-17)13(2)3/h5-13H,4H2,1-3H3,(H2,19,20,21). The summed E-state index contributed by atoms with van der Waals surface area (Å²) in [5.74, 6) is 0.543. The minimum Gasteiger partial charge on any atom is -0.332 e. The summed E-state index contributed by atoms with van der Waals surface area (Å²) in [6.07, 6.45) is 1.05. The van der Waals surface area contributed by atoms with Gasteiger partial charge in [0.25, 0.3) is 0 Å². The molecule has 2 rings (SSSR count). The van der Waals surface area contributed by atoms with E-state index in [1.807, 2.05) is 0 Å². The third-order valence-corrected chi connectivity index (χ3v) is 3.66. The van der Waals surface area contributed by atoms with Gasteiger partial charge < -0.3 is 10.6 Å². The van der Waals surface area contributed by atoms with Gasteiger partial charge in [0.1, 0.15) is 0 Å². The van der Waals surface area contributed by atoms with Gasteiger partial charge >= 0.3 is 0 Å². The van der Waals surface area contributed by atoms with Crippen LogP contribution in [0.1, 0.15) is 37.8 Å². The quantitative estimate of drug-likeness (QED) is 0.760. The molecule has 0 radical (unpaired) electrons. The Hall–Kier alpha value is -1.87. The van der Waals surface area contributed by atoms with Crippen LogP contribution in [0, 0.1) is 0 Å². The third kappa shape index (κ3) is 4.57. The first-order valence-corrected chi connectivity index (χ1v) is 7.76. The maximum Gasteiger partial charge on any atom is 0.175 e. The molecule has 3 heteroatoms. The number of aryl methyl sites for hydroxylation is 1. The first kappa shape index (κ1) is 15.5. The van der Waals surface area contributed by atoms with Crippen molar-refractivity contribution in [3.8, 4) is 0 Å². The Bertz CT molecular complexity index is 586. The fraction of sp³-hybridized carbons (Fsp3) is 0.278. The molecule has 2 nitrogen and oxygen atoms in total. The Kier molecular flexibility index (Phi) is 5.34. The van der Waals surface area contributed by atoms with Gasteiger partial charge in [-0.05, 0) is 59.9 Å². The van der Waals surface area contributed by atoms with Crippen LogP contribution in [0.25, 0.3) is 0 Å². The maximum atomic E-state index is 5.34. The minimum atomic E-state index is 0.543. The molecule has 0 aliphatic carbocycles. The molecule has 0 spiro atoms. The van der Waals surface area contributed by atoms with Gasteiger partial charge in [0, 0.05) is 11.4 Å². The topological polar surface area (TPSA) is 24.1 Å². The molecule has 0 aliphatic rings. The van der Waals surface area contributed by atoms with E-state index >= 15 is 0 Å². The van der Waals surface area contributed by atoms with E-state index in [0.717, 1.165) is 17.8 Å². The molecule has 0 unspecified atom stereocenters. The predicted molar refractivity (Wildman–Crippen MR) is 96.2 cm³/mol. The summed E-state index contributed by atoms with van der Waals surface area (Å²) < 4.78 is 0. The van der Waals surface area contributed by atoms with Gasteiger partial charge in [-0.15, -0.1) is 0 Å². The van der Waals surface area contributed by atoms with Crippen molar-refractivity contribution in [1.29, 1.82) is 0 Å². The van der Waals surface area contributed by atoms with Crippen LogP contribution in [0.3, 0.4) is 0 Å². The van der Waals surface area contributed by atoms with Gasteiger partial charge in [-0.25, -0.2) is 0 Å². The Morgan fingerprint density at radius 1 is 0.905 bits per heavy atom. The van der Waals surface area contributed by atoms with Crippen molar-refractivity contribution in [2.75, 3.05) is 10.6 Å². The highest BCUT2D eigenvalue weighted by atomic mass is 32.1. The number of hydrogen-bond acceptors (Lipinski definition) is 1. The van der Waals surface area contributed by atoms with Gasteiger partial charge in [-0.1, -0.05) is 45.0 Å². The molecular weight excluding hydrogens is 276 g/mol. The molecule has 110 valence electrons. The Morgan fingerprint density at radius 3 is 1.81 bits per heavy atom. The highest BCUT2D eigenvalue weighted by molar-refractivity contribution is 7.80. The van der Waals surface area contributed by atoms with E-state index in [1.54, 1.807) is 0 Å². The molecule has 0 amide bonds. The first-order chi connectivity index (χ1) is 10.1. The lowest BCUT2D eigenvalue weighted by Gasteiger charge is -2.12. The zero-order valence-corrected chi connectivity index (χ0v) is 13.6. The zero-order chi connectivity index (χ0) is 15.2. The lowest BCUT2D eigenvalue weighted by Crippen LogP contribution is -2.19. The van der Waals surface area contributed by atoms with E-state index in [9.17, 15) is 0 Å². The molecule has 21 heavy (non-hydrogen) atoms. The van der Waals surface area contributed by atoms with Gasteiger partial charge in [0.05, 0.1) is 0 Å². The van der Waals surface area contributed by atoms with Crippen molar-refractivity contribution >= 4 is 28.7 Å². The molecule has 0 aromatic heterocycles. The van der Waals surface area contributed by atoms with E-state index in [2.05, 4.69) is 79.9 Å². The van der Waals surface area contributed by atoms with Crippen molar-refractivity contribution in [2.24, 2.45) is 0 Å². The molecule has 0 atom stereocenters.